The molecule has 0 saturated carbocycles. The summed E-state index contributed by atoms with van der Waals surface area (Å²) in [5, 5.41) is 0.733. The molecule has 0 aliphatic heterocycles. The summed E-state index contributed by atoms with van der Waals surface area (Å²) in [6.07, 6.45) is 0. The van der Waals surface area contributed by atoms with E-state index in [1.54, 1.807) is 18.2 Å². The van der Waals surface area contributed by atoms with Crippen molar-refractivity contribution in [2.24, 2.45) is 0 Å². The Bertz CT molecular complexity index is 702. The van der Waals surface area contributed by atoms with E-state index in [1.165, 1.54) is 19.2 Å². The highest BCUT2D eigenvalue weighted by Gasteiger charge is 2.19. The minimum Gasteiger partial charge on any atom is -0.465 e. The Morgan fingerprint density at radius 3 is 2.57 bits per heavy atom. The minimum atomic E-state index is -0.584. The van der Waals surface area contributed by atoms with Gasteiger partial charge < -0.3 is 15.2 Å². The molecule has 0 aromatic heterocycles. The predicted octanol–water partition coefficient (Wildman–Crippen LogP) is 4.46. The van der Waals surface area contributed by atoms with E-state index < -0.39 is 5.97 Å². The second-order valence-electron chi connectivity index (χ2n) is 4.38. The largest absolute Gasteiger partial charge is 0.465 e. The number of benzene rings is 2. The lowest BCUT2D eigenvalue weighted by Crippen LogP contribution is -2.05. The number of rotatable bonds is 3. The molecular formula is C15H13Cl2NO3. The third kappa shape index (κ3) is 3.40. The summed E-state index contributed by atoms with van der Waals surface area (Å²) in [5.41, 5.74) is 7.05. The molecule has 110 valence electrons. The summed E-state index contributed by atoms with van der Waals surface area (Å²) in [7, 11) is 1.27. The van der Waals surface area contributed by atoms with Crippen LogP contribution in [0.25, 0.3) is 0 Å². The van der Waals surface area contributed by atoms with Crippen molar-refractivity contribution in [2.75, 3.05) is 12.8 Å². The summed E-state index contributed by atoms with van der Waals surface area (Å²) in [4.78, 5) is 11.8. The average Bonchev–Trinajstić information content (AvgIpc) is 2.44. The number of hydrogen-bond donors (Lipinski definition) is 1. The van der Waals surface area contributed by atoms with E-state index in [2.05, 4.69) is 0 Å². The number of nitrogen functional groups attached to an aromatic ring is 1. The fourth-order valence-electron chi connectivity index (χ4n) is 1.77. The van der Waals surface area contributed by atoms with Gasteiger partial charge in [0, 0.05) is 10.7 Å². The van der Waals surface area contributed by atoms with Gasteiger partial charge in [-0.1, -0.05) is 29.3 Å². The molecule has 2 aromatic carbocycles. The molecule has 0 spiro atoms. The number of nitrogens with two attached hydrogens (primary N) is 1. The van der Waals surface area contributed by atoms with Gasteiger partial charge in [-0.05, 0) is 36.8 Å². The predicted molar refractivity (Wildman–Crippen MR) is 83.5 cm³/mol. The van der Waals surface area contributed by atoms with E-state index >= 15 is 0 Å². The van der Waals surface area contributed by atoms with Gasteiger partial charge in [-0.3, -0.25) is 0 Å². The zero-order chi connectivity index (χ0) is 15.6. The van der Waals surface area contributed by atoms with Crippen molar-refractivity contribution in [1.82, 2.24) is 0 Å². The summed E-state index contributed by atoms with van der Waals surface area (Å²) < 4.78 is 10.5. The van der Waals surface area contributed by atoms with Gasteiger partial charge in [-0.25, -0.2) is 4.79 Å². The van der Waals surface area contributed by atoms with Gasteiger partial charge in [0.25, 0.3) is 0 Å². The maximum Gasteiger partial charge on any atom is 0.341 e. The van der Waals surface area contributed by atoms with Crippen molar-refractivity contribution in [3.05, 3.63) is 51.5 Å². The van der Waals surface area contributed by atoms with Gasteiger partial charge in [0.2, 0.25) is 0 Å². The topological polar surface area (TPSA) is 61.5 Å². The highest BCUT2D eigenvalue weighted by Crippen LogP contribution is 2.37. The second-order valence-corrected chi connectivity index (χ2v) is 5.23. The standard InChI is InChI=1S/C15H13Cl2NO3/c1-8-3-4-9(16)5-13(8)21-14-11(15(19)20-2)6-10(18)7-12(14)17/h3-7H,18H2,1-2H3. The summed E-state index contributed by atoms with van der Waals surface area (Å²) >= 11 is 12.1. The Balaban J connectivity index is 2.53. The van der Waals surface area contributed by atoms with Crippen LogP contribution >= 0.6 is 23.2 Å². The smallest absolute Gasteiger partial charge is 0.341 e. The Labute approximate surface area is 132 Å². The molecule has 0 aliphatic rings. The zero-order valence-corrected chi connectivity index (χ0v) is 13.0. The van der Waals surface area contributed by atoms with Crippen LogP contribution in [0.4, 0.5) is 5.69 Å². The van der Waals surface area contributed by atoms with E-state index in [1.807, 2.05) is 6.92 Å². The van der Waals surface area contributed by atoms with Crippen molar-refractivity contribution in [2.45, 2.75) is 6.92 Å². The fraction of sp³-hybridized carbons (Fsp3) is 0.133. The van der Waals surface area contributed by atoms with Crippen molar-refractivity contribution >= 4 is 34.9 Å². The number of hydrogen-bond acceptors (Lipinski definition) is 4. The lowest BCUT2D eigenvalue weighted by atomic mass is 10.1. The van der Waals surface area contributed by atoms with Gasteiger partial charge >= 0.3 is 5.97 Å². The minimum absolute atomic E-state index is 0.155. The van der Waals surface area contributed by atoms with Crippen LogP contribution in [0.15, 0.2) is 30.3 Å². The lowest BCUT2D eigenvalue weighted by molar-refractivity contribution is 0.0598. The van der Waals surface area contributed by atoms with Crippen molar-refractivity contribution in [3.63, 3.8) is 0 Å². The van der Waals surface area contributed by atoms with Crippen LogP contribution in [0.3, 0.4) is 0 Å². The number of carbonyl (C=O) groups excluding carboxylic acids is 1. The van der Waals surface area contributed by atoms with Crippen LogP contribution in [0, 0.1) is 6.92 Å². The number of esters is 1. The molecule has 0 saturated heterocycles. The van der Waals surface area contributed by atoms with Crippen LogP contribution < -0.4 is 10.5 Å². The molecule has 2 rings (SSSR count). The van der Waals surface area contributed by atoms with Gasteiger partial charge in [0.05, 0.1) is 12.1 Å². The fourth-order valence-corrected chi connectivity index (χ4v) is 2.20. The maximum atomic E-state index is 11.8. The SMILES string of the molecule is COC(=O)c1cc(N)cc(Cl)c1Oc1cc(Cl)ccc1C. The molecular weight excluding hydrogens is 313 g/mol. The Morgan fingerprint density at radius 1 is 1.19 bits per heavy atom. The summed E-state index contributed by atoms with van der Waals surface area (Å²) in [6.45, 7) is 1.86. The first-order valence-electron chi connectivity index (χ1n) is 6.03. The molecule has 0 heterocycles. The van der Waals surface area contributed by atoms with E-state index in [4.69, 9.17) is 38.4 Å². The lowest BCUT2D eigenvalue weighted by Gasteiger charge is -2.14. The molecule has 6 heteroatoms. The first-order valence-corrected chi connectivity index (χ1v) is 6.79. The van der Waals surface area contributed by atoms with E-state index in [-0.39, 0.29) is 16.3 Å². The first kappa shape index (κ1) is 15.5. The third-order valence-electron chi connectivity index (χ3n) is 2.83. The second kappa shape index (κ2) is 6.24. The van der Waals surface area contributed by atoms with Gasteiger partial charge in [-0.15, -0.1) is 0 Å². The molecule has 0 fully saturated rings. The number of methoxy groups -OCH3 is 1. The van der Waals surface area contributed by atoms with E-state index in [9.17, 15) is 4.79 Å². The number of ether oxygens (including phenoxy) is 2. The molecule has 0 unspecified atom stereocenters. The normalized spacial score (nSPS) is 10.3. The van der Waals surface area contributed by atoms with E-state index in [0.29, 0.717) is 16.5 Å². The van der Waals surface area contributed by atoms with Crippen molar-refractivity contribution in [1.29, 1.82) is 0 Å². The molecule has 0 atom stereocenters. The monoisotopic (exact) mass is 325 g/mol. The van der Waals surface area contributed by atoms with Gasteiger partial charge in [0.1, 0.15) is 11.3 Å². The summed E-state index contributed by atoms with van der Waals surface area (Å²) in [6, 6.07) is 8.15. The third-order valence-corrected chi connectivity index (χ3v) is 3.35. The van der Waals surface area contributed by atoms with Crippen LogP contribution in [0.1, 0.15) is 15.9 Å². The number of anilines is 1. The molecule has 2 N–H and O–H groups in total. The molecule has 0 radical (unpaired) electrons. The molecule has 2 aromatic rings. The van der Waals surface area contributed by atoms with Gasteiger partial charge in [-0.2, -0.15) is 0 Å². The first-order chi connectivity index (χ1) is 9.92. The van der Waals surface area contributed by atoms with E-state index in [0.717, 1.165) is 5.56 Å². The number of carbonyl (C=O) groups is 1. The van der Waals surface area contributed by atoms with Crippen LogP contribution in [0.5, 0.6) is 11.5 Å². The van der Waals surface area contributed by atoms with Crippen molar-refractivity contribution in [3.8, 4) is 11.5 Å². The van der Waals surface area contributed by atoms with Gasteiger partial charge in [0.15, 0.2) is 5.75 Å². The molecule has 21 heavy (non-hydrogen) atoms. The highest BCUT2D eigenvalue weighted by atomic mass is 35.5. The Hall–Kier alpha value is -1.91. The van der Waals surface area contributed by atoms with Crippen LogP contribution in [-0.2, 0) is 4.74 Å². The van der Waals surface area contributed by atoms with Crippen LogP contribution in [0.2, 0.25) is 10.0 Å². The molecule has 4 nitrogen and oxygen atoms in total. The quantitative estimate of drug-likeness (QED) is 0.668. The average molecular weight is 326 g/mol. The Morgan fingerprint density at radius 2 is 1.90 bits per heavy atom. The van der Waals surface area contributed by atoms with Crippen molar-refractivity contribution < 1.29 is 14.3 Å². The summed E-state index contributed by atoms with van der Waals surface area (Å²) in [5.74, 6) is 0.0984. The number of aryl methyl sites for hydroxylation is 1. The zero-order valence-electron chi connectivity index (χ0n) is 11.4. The maximum absolute atomic E-state index is 11.8. The number of halogens is 2. The molecule has 0 aliphatic carbocycles. The Kier molecular flexibility index (Phi) is 4.60. The van der Waals surface area contributed by atoms with Crippen LogP contribution in [-0.4, -0.2) is 13.1 Å². The highest BCUT2D eigenvalue weighted by molar-refractivity contribution is 6.33. The molecule has 0 bridgehead atoms. The molecule has 0 amide bonds.